The average molecular weight is 686 g/mol. The number of aliphatic carboxylic acids is 2. The number of benzene rings is 4. The van der Waals surface area contributed by atoms with Crippen LogP contribution >= 0.6 is 0 Å². The van der Waals surface area contributed by atoms with Crippen LogP contribution in [0.3, 0.4) is 0 Å². The number of aromatic nitrogens is 2. The van der Waals surface area contributed by atoms with Crippen LogP contribution in [0.2, 0.25) is 0 Å². The van der Waals surface area contributed by atoms with E-state index in [0.29, 0.717) is 23.3 Å². The largest absolute Gasteiger partial charge is 2.00 e. The van der Waals surface area contributed by atoms with Crippen molar-refractivity contribution in [2.24, 2.45) is 0 Å². The maximum Gasteiger partial charge on any atom is 2.00 e. The van der Waals surface area contributed by atoms with Crippen molar-refractivity contribution in [2.75, 3.05) is 0 Å². The molecule has 236 valence electrons. The molecule has 0 atom stereocenters. The maximum absolute atomic E-state index is 10.6. The van der Waals surface area contributed by atoms with E-state index in [2.05, 4.69) is 9.97 Å². The number of aryl methyl sites for hydroxylation is 2. The number of carboxylic acids is 2. The second kappa shape index (κ2) is 18.7. The Labute approximate surface area is 284 Å². The van der Waals surface area contributed by atoms with E-state index in [0.717, 1.165) is 33.6 Å². The van der Waals surface area contributed by atoms with Gasteiger partial charge in [0.15, 0.2) is 23.3 Å². The molecular formula is C36H32N2O8Zn. The molecule has 0 bridgehead atoms. The van der Waals surface area contributed by atoms with E-state index in [-0.39, 0.29) is 56.1 Å². The van der Waals surface area contributed by atoms with E-state index in [1.807, 2.05) is 121 Å². The molecule has 0 aliphatic heterocycles. The molecular weight excluding hydrogens is 654 g/mol. The quantitative estimate of drug-likeness (QED) is 0.194. The predicted molar refractivity (Wildman–Crippen MR) is 169 cm³/mol. The van der Waals surface area contributed by atoms with Crippen molar-refractivity contribution < 1.29 is 59.1 Å². The van der Waals surface area contributed by atoms with Gasteiger partial charge in [-0.2, -0.15) is 0 Å². The second-order valence-electron chi connectivity index (χ2n) is 9.78. The van der Waals surface area contributed by atoms with Gasteiger partial charge in [-0.3, -0.25) is 0 Å². The molecule has 4 N–H and O–H groups in total. The van der Waals surface area contributed by atoms with Gasteiger partial charge in [-0.15, -0.1) is 0 Å². The maximum atomic E-state index is 10.6. The van der Waals surface area contributed by atoms with Crippen LogP contribution in [0.4, 0.5) is 0 Å². The standard InChI is InChI=1S/2C18H15NO3.2H2O.Zn/c2*20-16(21)12-11-15-19-17(13-7-3-1-4-8-13)18(22-15)14-9-5-2-6-10-14;;;/h2*1-10H,11-12H2,(H,20,21);2*1H2;/q;;;;+2/p-2. The molecule has 11 heteroatoms. The average Bonchev–Trinajstić information content (AvgIpc) is 3.70. The van der Waals surface area contributed by atoms with Gasteiger partial charge in [0.05, 0.1) is 0 Å². The van der Waals surface area contributed by atoms with Gasteiger partial charge in [0.2, 0.25) is 0 Å². The fourth-order valence-corrected chi connectivity index (χ4v) is 4.51. The molecule has 0 radical (unpaired) electrons. The first-order valence-electron chi connectivity index (χ1n) is 14.1. The molecule has 0 aliphatic carbocycles. The van der Waals surface area contributed by atoms with E-state index < -0.39 is 11.9 Å². The molecule has 47 heavy (non-hydrogen) atoms. The van der Waals surface area contributed by atoms with E-state index >= 15 is 0 Å². The van der Waals surface area contributed by atoms with Crippen LogP contribution in [-0.4, -0.2) is 32.9 Å². The SMILES string of the molecule is O.O.O=C([O-])CCc1nc(-c2ccccc2)c(-c2ccccc2)o1.O=C([O-])CCc1nc(-c2ccccc2)c(-c2ccccc2)o1.[Zn+2]. The van der Waals surface area contributed by atoms with Gasteiger partial charge in [-0.25, -0.2) is 9.97 Å². The summed E-state index contributed by atoms with van der Waals surface area (Å²) in [5, 5.41) is 21.2. The minimum Gasteiger partial charge on any atom is -0.550 e. The fraction of sp³-hybridized carbons (Fsp3) is 0.111. The predicted octanol–water partition coefficient (Wildman–Crippen LogP) is 3.73. The Balaban J connectivity index is 0.000000307. The smallest absolute Gasteiger partial charge is 0.550 e. The second-order valence-corrected chi connectivity index (χ2v) is 9.78. The van der Waals surface area contributed by atoms with Crippen molar-refractivity contribution in [3.63, 3.8) is 0 Å². The van der Waals surface area contributed by atoms with Gasteiger partial charge >= 0.3 is 19.5 Å². The summed E-state index contributed by atoms with van der Waals surface area (Å²) in [4.78, 5) is 30.2. The summed E-state index contributed by atoms with van der Waals surface area (Å²) in [7, 11) is 0. The summed E-state index contributed by atoms with van der Waals surface area (Å²) in [6, 6.07) is 38.7. The normalized spacial score (nSPS) is 9.87. The topological polar surface area (TPSA) is 195 Å². The number of nitrogens with zero attached hydrogens (tertiary/aromatic N) is 2. The van der Waals surface area contributed by atoms with E-state index in [1.165, 1.54) is 0 Å². The van der Waals surface area contributed by atoms with Gasteiger partial charge in [0.25, 0.3) is 0 Å². The molecule has 0 amide bonds. The molecule has 10 nitrogen and oxygen atoms in total. The molecule has 4 aromatic carbocycles. The molecule has 6 rings (SSSR count). The number of carbonyl (C=O) groups excluding carboxylic acids is 2. The molecule has 0 unspecified atom stereocenters. The summed E-state index contributed by atoms with van der Waals surface area (Å²) in [5.74, 6) is -0.106. The summed E-state index contributed by atoms with van der Waals surface area (Å²) in [5.41, 5.74) is 5.14. The zero-order valence-corrected chi connectivity index (χ0v) is 28.4. The Kier molecular flexibility index (Phi) is 15.1. The first-order chi connectivity index (χ1) is 21.5. The van der Waals surface area contributed by atoms with Crippen LogP contribution in [0.1, 0.15) is 24.6 Å². The Morgan fingerprint density at radius 3 is 1.04 bits per heavy atom. The third-order valence-electron chi connectivity index (χ3n) is 6.60. The van der Waals surface area contributed by atoms with Crippen molar-refractivity contribution >= 4 is 11.9 Å². The fourth-order valence-electron chi connectivity index (χ4n) is 4.51. The van der Waals surface area contributed by atoms with Gasteiger partial charge in [-0.1, -0.05) is 121 Å². The van der Waals surface area contributed by atoms with Crippen molar-refractivity contribution in [1.82, 2.24) is 9.97 Å². The minimum absolute atomic E-state index is 0. The van der Waals surface area contributed by atoms with Crippen molar-refractivity contribution in [1.29, 1.82) is 0 Å². The summed E-state index contributed by atoms with van der Waals surface area (Å²) < 4.78 is 11.6. The third kappa shape index (κ3) is 10.4. The molecule has 0 saturated carbocycles. The zero-order valence-electron chi connectivity index (χ0n) is 25.4. The molecule has 0 saturated heterocycles. The van der Waals surface area contributed by atoms with Crippen LogP contribution in [-0.2, 0) is 41.9 Å². The Bertz CT molecular complexity index is 1560. The molecule has 2 aromatic heterocycles. The van der Waals surface area contributed by atoms with Crippen molar-refractivity contribution in [3.8, 4) is 45.2 Å². The van der Waals surface area contributed by atoms with Crippen LogP contribution in [0.5, 0.6) is 0 Å². The van der Waals surface area contributed by atoms with Gasteiger partial charge in [0, 0.05) is 47.0 Å². The van der Waals surface area contributed by atoms with E-state index in [4.69, 9.17) is 8.83 Å². The number of carboxylic acid groups (broad SMARTS) is 2. The van der Waals surface area contributed by atoms with Crippen LogP contribution < -0.4 is 10.2 Å². The molecule has 0 aliphatic rings. The summed E-state index contributed by atoms with van der Waals surface area (Å²) in [6.45, 7) is 0. The number of hydrogen-bond donors (Lipinski definition) is 0. The van der Waals surface area contributed by atoms with Gasteiger partial charge in [-0.05, 0) is 12.8 Å². The molecule has 0 fully saturated rings. The van der Waals surface area contributed by atoms with Crippen LogP contribution in [0.25, 0.3) is 45.2 Å². The number of oxazole rings is 2. The van der Waals surface area contributed by atoms with Gasteiger partial charge < -0.3 is 39.6 Å². The summed E-state index contributed by atoms with van der Waals surface area (Å²) >= 11 is 0. The zero-order chi connectivity index (χ0) is 30.7. The first-order valence-corrected chi connectivity index (χ1v) is 14.1. The van der Waals surface area contributed by atoms with Crippen LogP contribution in [0.15, 0.2) is 130 Å². The van der Waals surface area contributed by atoms with E-state index in [9.17, 15) is 19.8 Å². The number of rotatable bonds is 10. The molecule has 0 spiro atoms. The monoisotopic (exact) mass is 684 g/mol. The first kappa shape index (κ1) is 38.0. The third-order valence-corrected chi connectivity index (χ3v) is 6.60. The Morgan fingerprint density at radius 1 is 0.489 bits per heavy atom. The van der Waals surface area contributed by atoms with Gasteiger partial charge in [0.1, 0.15) is 11.4 Å². The molecule has 2 heterocycles. The van der Waals surface area contributed by atoms with Crippen molar-refractivity contribution in [3.05, 3.63) is 133 Å². The van der Waals surface area contributed by atoms with Crippen molar-refractivity contribution in [2.45, 2.75) is 25.7 Å². The minimum atomic E-state index is -1.11. The Hall–Kier alpha value is -5.22. The van der Waals surface area contributed by atoms with Crippen LogP contribution in [0, 0.1) is 0 Å². The Morgan fingerprint density at radius 2 is 0.766 bits per heavy atom. The summed E-state index contributed by atoms with van der Waals surface area (Å²) in [6.07, 6.45) is 0.218. The van der Waals surface area contributed by atoms with E-state index in [1.54, 1.807) is 0 Å². The number of carbonyl (C=O) groups is 2. The number of hydrogen-bond acceptors (Lipinski definition) is 8. The molecule has 6 aromatic rings.